The third-order valence-corrected chi connectivity index (χ3v) is 5.69. The number of non-ortho nitro benzene ring substituents is 1. The number of nitro benzene ring substituents is 1. The Balaban J connectivity index is 2.24. The third-order valence-electron chi connectivity index (χ3n) is 3.02. The summed E-state index contributed by atoms with van der Waals surface area (Å²) < 4.78 is 24.6. The van der Waals surface area contributed by atoms with Gasteiger partial charge >= 0.3 is 0 Å². The van der Waals surface area contributed by atoms with Crippen molar-refractivity contribution in [1.29, 1.82) is 0 Å². The monoisotopic (exact) mass is 359 g/mol. The van der Waals surface area contributed by atoms with Crippen LogP contribution in [0.2, 0.25) is 5.02 Å². The molecule has 0 aliphatic rings. The van der Waals surface area contributed by atoms with Crippen LogP contribution >= 0.6 is 23.2 Å². The number of rotatable bonds is 5. The molecule has 116 valence electrons. The Labute approximate surface area is 137 Å². The van der Waals surface area contributed by atoms with Crippen LogP contribution in [0.4, 0.5) is 5.69 Å². The van der Waals surface area contributed by atoms with Crippen molar-refractivity contribution in [2.45, 2.75) is 10.3 Å². The lowest BCUT2D eigenvalue weighted by Gasteiger charge is -2.12. The van der Waals surface area contributed by atoms with Crippen molar-refractivity contribution in [3.8, 4) is 0 Å². The predicted molar refractivity (Wildman–Crippen MR) is 85.2 cm³/mol. The van der Waals surface area contributed by atoms with E-state index in [2.05, 4.69) is 0 Å². The van der Waals surface area contributed by atoms with E-state index < -0.39 is 20.1 Å². The fourth-order valence-electron chi connectivity index (χ4n) is 1.88. The average molecular weight is 360 g/mol. The smallest absolute Gasteiger partial charge is 0.258 e. The summed E-state index contributed by atoms with van der Waals surface area (Å²) in [5.41, 5.74) is 0.351. The second kappa shape index (κ2) is 6.64. The zero-order valence-corrected chi connectivity index (χ0v) is 13.5. The molecule has 0 fully saturated rings. The van der Waals surface area contributed by atoms with Crippen molar-refractivity contribution in [2.24, 2.45) is 0 Å². The van der Waals surface area contributed by atoms with Gasteiger partial charge in [-0.25, -0.2) is 8.42 Å². The molecule has 2 aromatic rings. The molecule has 0 saturated heterocycles. The topological polar surface area (TPSA) is 77.3 Å². The predicted octanol–water partition coefficient (Wildman–Crippen LogP) is 4.00. The van der Waals surface area contributed by atoms with Crippen LogP contribution in [0.1, 0.15) is 10.9 Å². The SMILES string of the molecule is O=[N+]([O-])c1ccc(S(=O)(=O)CC(Cl)c2ccccc2Cl)cc1. The molecule has 0 saturated carbocycles. The Bertz CT molecular complexity index is 791. The van der Waals surface area contributed by atoms with Crippen LogP contribution in [0, 0.1) is 10.1 Å². The van der Waals surface area contributed by atoms with Crippen LogP contribution in [-0.2, 0) is 9.84 Å². The average Bonchev–Trinajstić information content (AvgIpc) is 2.47. The van der Waals surface area contributed by atoms with Gasteiger partial charge in [0.25, 0.3) is 5.69 Å². The van der Waals surface area contributed by atoms with Gasteiger partial charge < -0.3 is 0 Å². The van der Waals surface area contributed by atoms with Crippen molar-refractivity contribution < 1.29 is 13.3 Å². The fourth-order valence-corrected chi connectivity index (χ4v) is 4.20. The molecule has 0 aliphatic heterocycles. The van der Waals surface area contributed by atoms with E-state index in [1.54, 1.807) is 24.3 Å². The molecular weight excluding hydrogens is 349 g/mol. The molecule has 0 radical (unpaired) electrons. The number of hydrogen-bond acceptors (Lipinski definition) is 4. The number of hydrogen-bond donors (Lipinski definition) is 0. The van der Waals surface area contributed by atoms with Crippen molar-refractivity contribution in [3.05, 3.63) is 69.2 Å². The molecule has 2 aromatic carbocycles. The van der Waals surface area contributed by atoms with E-state index in [-0.39, 0.29) is 16.3 Å². The van der Waals surface area contributed by atoms with E-state index in [1.807, 2.05) is 0 Å². The molecule has 8 heteroatoms. The van der Waals surface area contributed by atoms with Crippen LogP contribution in [0.15, 0.2) is 53.4 Å². The first-order valence-corrected chi connectivity index (χ1v) is 8.63. The molecule has 0 heterocycles. The summed E-state index contributed by atoms with van der Waals surface area (Å²) in [6.07, 6.45) is 0. The van der Waals surface area contributed by atoms with Gasteiger partial charge in [-0.1, -0.05) is 29.8 Å². The minimum absolute atomic E-state index is 0.0178. The lowest BCUT2D eigenvalue weighted by Crippen LogP contribution is -2.12. The molecule has 1 atom stereocenters. The van der Waals surface area contributed by atoms with E-state index in [4.69, 9.17) is 23.2 Å². The highest BCUT2D eigenvalue weighted by Gasteiger charge is 2.23. The molecular formula is C14H11Cl2NO4S. The van der Waals surface area contributed by atoms with E-state index in [0.29, 0.717) is 10.6 Å². The van der Waals surface area contributed by atoms with E-state index in [0.717, 1.165) is 12.1 Å². The van der Waals surface area contributed by atoms with Gasteiger partial charge in [-0.15, -0.1) is 11.6 Å². The quantitative estimate of drug-likeness (QED) is 0.459. The molecule has 0 aromatic heterocycles. The van der Waals surface area contributed by atoms with Gasteiger partial charge in [-0.3, -0.25) is 10.1 Å². The molecule has 1 unspecified atom stereocenters. The number of sulfone groups is 1. The summed E-state index contributed by atoms with van der Waals surface area (Å²) in [7, 11) is -3.68. The zero-order chi connectivity index (χ0) is 16.3. The van der Waals surface area contributed by atoms with Gasteiger partial charge in [0.2, 0.25) is 0 Å². The number of nitro groups is 1. The fraction of sp³-hybridized carbons (Fsp3) is 0.143. The highest BCUT2D eigenvalue weighted by molar-refractivity contribution is 7.91. The first kappa shape index (κ1) is 16.7. The van der Waals surface area contributed by atoms with Crippen molar-refractivity contribution in [1.82, 2.24) is 0 Å². The first-order valence-electron chi connectivity index (χ1n) is 6.17. The Kier molecular flexibility index (Phi) is 5.05. The molecule has 0 bridgehead atoms. The summed E-state index contributed by atoms with van der Waals surface area (Å²) in [6.45, 7) is 0. The minimum Gasteiger partial charge on any atom is -0.258 e. The van der Waals surface area contributed by atoms with E-state index in [1.165, 1.54) is 12.1 Å². The van der Waals surface area contributed by atoms with Gasteiger partial charge in [-0.05, 0) is 23.8 Å². The second-order valence-corrected chi connectivity index (χ2v) is 7.49. The van der Waals surface area contributed by atoms with E-state index >= 15 is 0 Å². The molecule has 2 rings (SSSR count). The van der Waals surface area contributed by atoms with Gasteiger partial charge in [0.15, 0.2) is 9.84 Å². The van der Waals surface area contributed by atoms with Crippen LogP contribution in [0.25, 0.3) is 0 Å². The highest BCUT2D eigenvalue weighted by Crippen LogP contribution is 2.30. The van der Waals surface area contributed by atoms with Crippen molar-refractivity contribution in [3.63, 3.8) is 0 Å². The maximum absolute atomic E-state index is 12.3. The van der Waals surface area contributed by atoms with Crippen LogP contribution in [-0.4, -0.2) is 19.1 Å². The number of alkyl halides is 1. The van der Waals surface area contributed by atoms with Crippen LogP contribution in [0.3, 0.4) is 0 Å². The molecule has 0 N–H and O–H groups in total. The molecule has 22 heavy (non-hydrogen) atoms. The number of nitrogens with zero attached hydrogens (tertiary/aromatic N) is 1. The highest BCUT2D eigenvalue weighted by atomic mass is 35.5. The van der Waals surface area contributed by atoms with Gasteiger partial charge in [0.05, 0.1) is 20.9 Å². The Hall–Kier alpha value is -1.63. The van der Waals surface area contributed by atoms with Crippen molar-refractivity contribution >= 4 is 38.7 Å². The minimum atomic E-state index is -3.68. The number of benzene rings is 2. The molecule has 5 nitrogen and oxygen atoms in total. The van der Waals surface area contributed by atoms with Gasteiger partial charge in [0.1, 0.15) is 0 Å². The Morgan fingerprint density at radius 3 is 2.23 bits per heavy atom. The second-order valence-electron chi connectivity index (χ2n) is 4.52. The molecule has 0 aliphatic carbocycles. The van der Waals surface area contributed by atoms with E-state index in [9.17, 15) is 18.5 Å². The Morgan fingerprint density at radius 2 is 1.68 bits per heavy atom. The first-order chi connectivity index (χ1) is 10.3. The van der Waals surface area contributed by atoms with Gasteiger partial charge in [-0.2, -0.15) is 0 Å². The summed E-state index contributed by atoms with van der Waals surface area (Å²) in [4.78, 5) is 9.97. The summed E-state index contributed by atoms with van der Waals surface area (Å²) in [6, 6.07) is 11.4. The van der Waals surface area contributed by atoms with Crippen LogP contribution < -0.4 is 0 Å². The standard InChI is InChI=1S/C14H11Cl2NO4S/c15-13-4-2-1-3-12(13)14(16)9-22(20,21)11-7-5-10(6-8-11)17(18)19/h1-8,14H,9H2. The largest absolute Gasteiger partial charge is 0.269 e. The zero-order valence-electron chi connectivity index (χ0n) is 11.1. The third kappa shape index (κ3) is 3.76. The Morgan fingerprint density at radius 1 is 1.09 bits per heavy atom. The molecule has 0 amide bonds. The van der Waals surface area contributed by atoms with Crippen LogP contribution in [0.5, 0.6) is 0 Å². The summed E-state index contributed by atoms with van der Waals surface area (Å²) >= 11 is 12.2. The normalized spacial score (nSPS) is 12.8. The summed E-state index contributed by atoms with van der Waals surface area (Å²) in [5, 5.41) is 10.2. The maximum atomic E-state index is 12.3. The maximum Gasteiger partial charge on any atom is 0.269 e. The molecule has 0 spiro atoms. The van der Waals surface area contributed by atoms with Crippen molar-refractivity contribution in [2.75, 3.05) is 5.75 Å². The lowest BCUT2D eigenvalue weighted by molar-refractivity contribution is -0.384. The lowest BCUT2D eigenvalue weighted by atomic mass is 10.2. The number of halogens is 2. The summed E-state index contributed by atoms with van der Waals surface area (Å²) in [5.74, 6) is -0.351. The van der Waals surface area contributed by atoms with Gasteiger partial charge in [0, 0.05) is 17.2 Å².